The fourth-order valence-electron chi connectivity index (χ4n) is 3.69. The molecule has 2 aliphatic heterocycles. The Hall–Kier alpha value is -3.63. The van der Waals surface area contributed by atoms with Crippen LogP contribution >= 0.6 is 11.6 Å². The van der Waals surface area contributed by atoms with Gasteiger partial charge in [0.15, 0.2) is 0 Å². The minimum atomic E-state index is -0.287. The van der Waals surface area contributed by atoms with Gasteiger partial charge in [-0.2, -0.15) is 0 Å². The first-order valence-electron chi connectivity index (χ1n) is 9.15. The fraction of sp³-hybridized carbons (Fsp3) is 0. The van der Waals surface area contributed by atoms with Gasteiger partial charge in [-0.3, -0.25) is 9.59 Å². The van der Waals surface area contributed by atoms with Crippen molar-refractivity contribution in [1.82, 2.24) is 10.6 Å². The number of halogens is 1. The van der Waals surface area contributed by atoms with Crippen molar-refractivity contribution < 1.29 is 9.59 Å². The van der Waals surface area contributed by atoms with Crippen molar-refractivity contribution in [3.8, 4) is 11.1 Å². The van der Waals surface area contributed by atoms with Gasteiger partial charge in [0.1, 0.15) is 0 Å². The molecule has 2 heterocycles. The summed E-state index contributed by atoms with van der Waals surface area (Å²) in [5, 5.41) is 6.30. The molecule has 2 N–H and O–H groups in total. The quantitative estimate of drug-likeness (QED) is 0.687. The lowest BCUT2D eigenvalue weighted by molar-refractivity contribution is -0.117. The van der Waals surface area contributed by atoms with Crippen molar-refractivity contribution in [2.75, 3.05) is 0 Å². The van der Waals surface area contributed by atoms with Gasteiger partial charge in [-0.25, -0.2) is 0 Å². The first-order chi connectivity index (χ1) is 14.1. The monoisotopic (exact) mass is 398 g/mol. The topological polar surface area (TPSA) is 58.2 Å². The summed E-state index contributed by atoms with van der Waals surface area (Å²) in [6.07, 6.45) is 0. The molecule has 3 aromatic carbocycles. The molecule has 0 saturated heterocycles. The SMILES string of the molecule is O=C1NC(c2ccc(-c3ccccc3)cc2)=C2C(=O)NC(c3ccc(Cl)cc3)=C12. The summed E-state index contributed by atoms with van der Waals surface area (Å²) < 4.78 is 0. The van der Waals surface area contributed by atoms with E-state index in [0.717, 1.165) is 22.3 Å². The molecule has 140 valence electrons. The molecule has 5 heteroatoms. The highest BCUT2D eigenvalue weighted by Gasteiger charge is 2.40. The van der Waals surface area contributed by atoms with Crippen molar-refractivity contribution >= 4 is 34.8 Å². The zero-order valence-electron chi connectivity index (χ0n) is 15.2. The third-order valence-corrected chi connectivity index (χ3v) is 5.35. The van der Waals surface area contributed by atoms with Crippen LogP contribution in [0.4, 0.5) is 0 Å². The molecule has 0 aliphatic carbocycles. The van der Waals surface area contributed by atoms with E-state index in [1.54, 1.807) is 24.3 Å². The van der Waals surface area contributed by atoms with E-state index in [0.29, 0.717) is 27.6 Å². The molecule has 0 spiro atoms. The number of hydrogen-bond donors (Lipinski definition) is 2. The van der Waals surface area contributed by atoms with Crippen molar-refractivity contribution in [1.29, 1.82) is 0 Å². The summed E-state index contributed by atoms with van der Waals surface area (Å²) in [5.74, 6) is -0.573. The van der Waals surface area contributed by atoms with E-state index in [-0.39, 0.29) is 11.8 Å². The van der Waals surface area contributed by atoms with Crippen LogP contribution < -0.4 is 10.6 Å². The Labute approximate surface area is 172 Å². The second kappa shape index (κ2) is 6.76. The standard InChI is InChI=1S/C24H15ClN2O2/c25-18-12-10-17(11-13-18)22-20-19(23(28)27-22)21(26-24(20)29)16-8-6-15(7-9-16)14-4-2-1-3-5-14/h1-13H,(H,26,29)(H,27,28). The summed E-state index contributed by atoms with van der Waals surface area (Å²) in [4.78, 5) is 25.4. The molecule has 4 nitrogen and oxygen atoms in total. The van der Waals surface area contributed by atoms with Crippen LogP contribution in [-0.4, -0.2) is 11.8 Å². The number of rotatable bonds is 3. The zero-order chi connectivity index (χ0) is 20.0. The normalized spacial score (nSPS) is 15.5. The second-order valence-electron chi connectivity index (χ2n) is 6.86. The van der Waals surface area contributed by atoms with Gasteiger partial charge in [-0.1, -0.05) is 78.3 Å². The molecule has 29 heavy (non-hydrogen) atoms. The van der Waals surface area contributed by atoms with Crippen LogP contribution in [0.15, 0.2) is 90.0 Å². The van der Waals surface area contributed by atoms with Gasteiger partial charge in [-0.15, -0.1) is 0 Å². The Kier molecular flexibility index (Phi) is 4.07. The molecule has 0 fully saturated rings. The van der Waals surface area contributed by atoms with Gasteiger partial charge < -0.3 is 10.6 Å². The molecule has 0 saturated carbocycles. The predicted molar refractivity (Wildman–Crippen MR) is 113 cm³/mol. The van der Waals surface area contributed by atoms with Crippen molar-refractivity contribution in [2.24, 2.45) is 0 Å². The summed E-state index contributed by atoms with van der Waals surface area (Å²) >= 11 is 5.96. The van der Waals surface area contributed by atoms with Crippen LogP contribution in [0.2, 0.25) is 5.02 Å². The van der Waals surface area contributed by atoms with E-state index >= 15 is 0 Å². The number of carbonyl (C=O) groups excluding carboxylic acids is 2. The van der Waals surface area contributed by atoms with Crippen molar-refractivity contribution in [3.05, 3.63) is 106 Å². The molecule has 0 aromatic heterocycles. The van der Waals surface area contributed by atoms with E-state index in [1.807, 2.05) is 54.6 Å². The number of amides is 2. The van der Waals surface area contributed by atoms with E-state index in [4.69, 9.17) is 11.6 Å². The lowest BCUT2D eigenvalue weighted by Crippen LogP contribution is -2.21. The van der Waals surface area contributed by atoms with Gasteiger partial charge >= 0.3 is 0 Å². The van der Waals surface area contributed by atoms with E-state index < -0.39 is 0 Å². The van der Waals surface area contributed by atoms with Gasteiger partial charge in [-0.05, 0) is 34.4 Å². The number of nitrogens with one attached hydrogen (secondary N) is 2. The lowest BCUT2D eigenvalue weighted by atomic mass is 10.00. The summed E-state index contributed by atoms with van der Waals surface area (Å²) in [6.45, 7) is 0. The average Bonchev–Trinajstić information content (AvgIpc) is 3.28. The number of fused-ring (bicyclic) bond motifs is 1. The van der Waals surface area contributed by atoms with Crippen LogP contribution in [-0.2, 0) is 9.59 Å². The van der Waals surface area contributed by atoms with Crippen molar-refractivity contribution in [2.45, 2.75) is 0 Å². The Morgan fingerprint density at radius 2 is 0.931 bits per heavy atom. The number of hydrogen-bond acceptors (Lipinski definition) is 2. The maximum Gasteiger partial charge on any atom is 0.258 e. The molecule has 0 atom stereocenters. The minimum Gasteiger partial charge on any atom is -0.321 e. The largest absolute Gasteiger partial charge is 0.321 e. The molecule has 5 rings (SSSR count). The van der Waals surface area contributed by atoms with Crippen molar-refractivity contribution in [3.63, 3.8) is 0 Å². The van der Waals surface area contributed by atoms with Crippen LogP contribution in [0, 0.1) is 0 Å². The van der Waals surface area contributed by atoms with Crippen LogP contribution in [0.25, 0.3) is 22.5 Å². The molecule has 0 unspecified atom stereocenters. The smallest absolute Gasteiger partial charge is 0.258 e. The highest BCUT2D eigenvalue weighted by Crippen LogP contribution is 2.37. The van der Waals surface area contributed by atoms with Crippen LogP contribution in [0.5, 0.6) is 0 Å². The third kappa shape index (κ3) is 2.94. The first kappa shape index (κ1) is 17.5. The highest BCUT2D eigenvalue weighted by molar-refractivity contribution is 6.31. The van der Waals surface area contributed by atoms with Gasteiger partial charge in [0.25, 0.3) is 11.8 Å². The average molecular weight is 399 g/mol. The molecule has 2 aliphatic rings. The molecule has 0 radical (unpaired) electrons. The zero-order valence-corrected chi connectivity index (χ0v) is 16.0. The maximum absolute atomic E-state index is 12.7. The molecular weight excluding hydrogens is 384 g/mol. The number of carbonyl (C=O) groups is 2. The number of benzene rings is 3. The Balaban J connectivity index is 1.57. The van der Waals surface area contributed by atoms with Crippen LogP contribution in [0.3, 0.4) is 0 Å². The predicted octanol–water partition coefficient (Wildman–Crippen LogP) is 4.39. The Morgan fingerprint density at radius 1 is 0.517 bits per heavy atom. The van der Waals surface area contributed by atoms with Gasteiger partial charge in [0.05, 0.1) is 22.5 Å². The Bertz CT molecular complexity index is 1210. The molecule has 2 amide bonds. The second-order valence-corrected chi connectivity index (χ2v) is 7.29. The van der Waals surface area contributed by atoms with Gasteiger partial charge in [0.2, 0.25) is 0 Å². The van der Waals surface area contributed by atoms with Gasteiger partial charge in [0, 0.05) is 5.02 Å². The third-order valence-electron chi connectivity index (χ3n) is 5.09. The molecule has 0 bridgehead atoms. The van der Waals surface area contributed by atoms with E-state index in [2.05, 4.69) is 10.6 Å². The maximum atomic E-state index is 12.7. The fourth-order valence-corrected chi connectivity index (χ4v) is 3.82. The minimum absolute atomic E-state index is 0.287. The van der Waals surface area contributed by atoms with Crippen LogP contribution in [0.1, 0.15) is 11.1 Å². The summed E-state index contributed by atoms with van der Waals surface area (Å²) in [5.41, 5.74) is 5.50. The van der Waals surface area contributed by atoms with E-state index in [9.17, 15) is 9.59 Å². The summed E-state index contributed by atoms with van der Waals surface area (Å²) in [7, 11) is 0. The molecule has 3 aromatic rings. The summed E-state index contributed by atoms with van der Waals surface area (Å²) in [6, 6.07) is 24.9. The Morgan fingerprint density at radius 3 is 1.45 bits per heavy atom. The van der Waals surface area contributed by atoms with E-state index in [1.165, 1.54) is 0 Å². The highest BCUT2D eigenvalue weighted by atomic mass is 35.5. The lowest BCUT2D eigenvalue weighted by Gasteiger charge is -2.08. The molecular formula is C24H15ClN2O2. The first-order valence-corrected chi connectivity index (χ1v) is 9.53.